The third-order valence-electron chi connectivity index (χ3n) is 3.58. The summed E-state index contributed by atoms with van der Waals surface area (Å²) in [5.41, 5.74) is -0.128. The van der Waals surface area contributed by atoms with Crippen LogP contribution in [0.1, 0.15) is 32.1 Å². The molecule has 0 bridgehead atoms. The molecule has 0 unspecified atom stereocenters. The van der Waals surface area contributed by atoms with Crippen LogP contribution in [0.15, 0.2) is 16.7 Å². The molecule has 0 N–H and O–H groups in total. The molecule has 2 fully saturated rings. The predicted octanol–water partition coefficient (Wildman–Crippen LogP) is 3.03. The molecule has 3 rings (SSSR count). The van der Waals surface area contributed by atoms with E-state index < -0.39 is 5.82 Å². The third kappa shape index (κ3) is 1.76. The van der Waals surface area contributed by atoms with Gasteiger partial charge in [0.2, 0.25) is 5.91 Å². The maximum Gasteiger partial charge on any atom is 0.228 e. The molecule has 90 valence electrons. The van der Waals surface area contributed by atoms with Gasteiger partial charge in [0, 0.05) is 22.6 Å². The molecule has 0 aromatic carbocycles. The van der Waals surface area contributed by atoms with E-state index in [1.165, 1.54) is 12.3 Å². The molecule has 2 heterocycles. The van der Waals surface area contributed by atoms with Crippen molar-refractivity contribution < 1.29 is 9.18 Å². The molecule has 1 amide bonds. The summed E-state index contributed by atoms with van der Waals surface area (Å²) >= 11 is 3.17. The summed E-state index contributed by atoms with van der Waals surface area (Å²) in [5.74, 6) is -0.237. The van der Waals surface area contributed by atoms with Crippen molar-refractivity contribution in [3.05, 3.63) is 22.6 Å². The van der Waals surface area contributed by atoms with Crippen molar-refractivity contribution >= 4 is 27.7 Å². The number of nitrogens with zero attached hydrogens (tertiary/aromatic N) is 2. The number of carbonyl (C=O) groups is 1. The standard InChI is InChI=1S/C12H12BrFN2O/c13-8-6-9(14)11(15-7-8)16-10(17)2-1-3-12(16)4-5-12/h6-7H,1-5H2. The summed E-state index contributed by atoms with van der Waals surface area (Å²) in [6, 6.07) is 1.36. The minimum atomic E-state index is -0.430. The first-order valence-corrected chi connectivity index (χ1v) is 6.56. The Morgan fingerprint density at radius 1 is 1.41 bits per heavy atom. The Labute approximate surface area is 107 Å². The zero-order valence-corrected chi connectivity index (χ0v) is 10.8. The minimum Gasteiger partial charge on any atom is -0.288 e. The van der Waals surface area contributed by atoms with Gasteiger partial charge in [0.15, 0.2) is 11.6 Å². The molecule has 1 saturated heterocycles. The number of halogens is 2. The van der Waals surface area contributed by atoms with Gasteiger partial charge in [0.25, 0.3) is 0 Å². The lowest BCUT2D eigenvalue weighted by atomic mass is 9.99. The Bertz CT molecular complexity index is 487. The topological polar surface area (TPSA) is 33.2 Å². The summed E-state index contributed by atoms with van der Waals surface area (Å²) in [7, 11) is 0. The van der Waals surface area contributed by atoms with Gasteiger partial charge in [-0.2, -0.15) is 0 Å². The quantitative estimate of drug-likeness (QED) is 0.798. The van der Waals surface area contributed by atoms with E-state index >= 15 is 0 Å². The fourth-order valence-corrected chi connectivity index (χ4v) is 2.89. The zero-order chi connectivity index (χ0) is 12.0. The van der Waals surface area contributed by atoms with E-state index in [0.29, 0.717) is 10.9 Å². The molecule has 1 spiro atoms. The fourth-order valence-electron chi connectivity index (χ4n) is 2.59. The van der Waals surface area contributed by atoms with Gasteiger partial charge in [-0.15, -0.1) is 0 Å². The van der Waals surface area contributed by atoms with Gasteiger partial charge in [-0.1, -0.05) is 0 Å². The van der Waals surface area contributed by atoms with Crippen molar-refractivity contribution in [2.75, 3.05) is 4.90 Å². The van der Waals surface area contributed by atoms with Crippen LogP contribution in [0.4, 0.5) is 10.2 Å². The monoisotopic (exact) mass is 298 g/mol. The molecular weight excluding hydrogens is 287 g/mol. The SMILES string of the molecule is O=C1CCCC2(CC2)N1c1ncc(Br)cc1F. The Balaban J connectivity index is 2.03. The normalized spacial score (nSPS) is 22.0. The van der Waals surface area contributed by atoms with Crippen LogP contribution in [0.2, 0.25) is 0 Å². The molecule has 0 atom stereocenters. The summed E-state index contributed by atoms with van der Waals surface area (Å²) in [4.78, 5) is 17.7. The van der Waals surface area contributed by atoms with Gasteiger partial charge in [-0.3, -0.25) is 9.69 Å². The van der Waals surface area contributed by atoms with Crippen molar-refractivity contribution in [1.82, 2.24) is 4.98 Å². The van der Waals surface area contributed by atoms with Gasteiger partial charge in [0.05, 0.1) is 0 Å². The van der Waals surface area contributed by atoms with Crippen molar-refractivity contribution in [3.63, 3.8) is 0 Å². The van der Waals surface area contributed by atoms with Crippen molar-refractivity contribution in [3.8, 4) is 0 Å². The number of hydrogen-bond donors (Lipinski definition) is 0. The highest BCUT2D eigenvalue weighted by atomic mass is 79.9. The van der Waals surface area contributed by atoms with E-state index in [0.717, 1.165) is 25.7 Å². The van der Waals surface area contributed by atoms with Crippen LogP contribution in [0.3, 0.4) is 0 Å². The number of aromatic nitrogens is 1. The van der Waals surface area contributed by atoms with Gasteiger partial charge >= 0.3 is 0 Å². The molecule has 0 radical (unpaired) electrons. The zero-order valence-electron chi connectivity index (χ0n) is 9.25. The Hall–Kier alpha value is -0.970. The highest BCUT2D eigenvalue weighted by molar-refractivity contribution is 9.10. The second kappa shape index (κ2) is 3.77. The molecule has 1 aromatic heterocycles. The highest BCUT2D eigenvalue weighted by Gasteiger charge is 2.53. The molecule has 5 heteroatoms. The molecule has 3 nitrogen and oxygen atoms in total. The molecule has 1 aromatic rings. The number of amides is 1. The molecule has 1 saturated carbocycles. The number of rotatable bonds is 1. The second-order valence-electron chi connectivity index (χ2n) is 4.77. The minimum absolute atomic E-state index is 0.00229. The number of pyridine rings is 1. The first kappa shape index (κ1) is 11.1. The van der Waals surface area contributed by atoms with Crippen LogP contribution in [0, 0.1) is 5.82 Å². The first-order chi connectivity index (χ1) is 8.12. The molecular formula is C12H12BrFN2O. The number of carbonyl (C=O) groups excluding carboxylic acids is 1. The molecule has 1 aliphatic heterocycles. The summed E-state index contributed by atoms with van der Waals surface area (Å²) in [6.07, 6.45) is 5.85. The highest BCUT2D eigenvalue weighted by Crippen LogP contribution is 2.50. The average molecular weight is 299 g/mol. The van der Waals surface area contributed by atoms with Gasteiger partial charge < -0.3 is 0 Å². The fraction of sp³-hybridized carbons (Fsp3) is 0.500. The van der Waals surface area contributed by atoms with E-state index in [9.17, 15) is 9.18 Å². The van der Waals surface area contributed by atoms with Crippen molar-refractivity contribution in [1.29, 1.82) is 0 Å². The van der Waals surface area contributed by atoms with Crippen molar-refractivity contribution in [2.24, 2.45) is 0 Å². The van der Waals surface area contributed by atoms with E-state index in [4.69, 9.17) is 0 Å². The Kier molecular flexibility index (Phi) is 2.47. The van der Waals surface area contributed by atoms with Crippen LogP contribution in [-0.2, 0) is 4.79 Å². The Morgan fingerprint density at radius 2 is 2.18 bits per heavy atom. The maximum atomic E-state index is 13.9. The summed E-state index contributed by atoms with van der Waals surface area (Å²) in [5, 5.41) is 0. The van der Waals surface area contributed by atoms with Gasteiger partial charge in [0.1, 0.15) is 0 Å². The molecule has 1 aliphatic carbocycles. The van der Waals surface area contributed by atoms with E-state index in [1.54, 1.807) is 4.90 Å². The summed E-state index contributed by atoms with van der Waals surface area (Å²) < 4.78 is 14.5. The largest absolute Gasteiger partial charge is 0.288 e. The summed E-state index contributed by atoms with van der Waals surface area (Å²) in [6.45, 7) is 0. The van der Waals surface area contributed by atoms with E-state index in [-0.39, 0.29) is 17.3 Å². The van der Waals surface area contributed by atoms with Crippen LogP contribution >= 0.6 is 15.9 Å². The van der Waals surface area contributed by atoms with Crippen LogP contribution in [-0.4, -0.2) is 16.4 Å². The molecule has 17 heavy (non-hydrogen) atoms. The smallest absolute Gasteiger partial charge is 0.228 e. The lowest BCUT2D eigenvalue weighted by Gasteiger charge is -2.35. The maximum absolute atomic E-state index is 13.9. The third-order valence-corrected chi connectivity index (χ3v) is 4.02. The van der Waals surface area contributed by atoms with Crippen LogP contribution in [0.25, 0.3) is 0 Å². The Morgan fingerprint density at radius 3 is 2.82 bits per heavy atom. The van der Waals surface area contributed by atoms with Crippen LogP contribution in [0.5, 0.6) is 0 Å². The van der Waals surface area contributed by atoms with Gasteiger partial charge in [-0.05, 0) is 47.7 Å². The predicted molar refractivity (Wildman–Crippen MR) is 65.2 cm³/mol. The first-order valence-electron chi connectivity index (χ1n) is 5.76. The average Bonchev–Trinajstić information content (AvgIpc) is 3.01. The molecule has 2 aliphatic rings. The van der Waals surface area contributed by atoms with Crippen molar-refractivity contribution in [2.45, 2.75) is 37.6 Å². The lowest BCUT2D eigenvalue weighted by molar-refractivity contribution is -0.120. The number of hydrogen-bond acceptors (Lipinski definition) is 2. The van der Waals surface area contributed by atoms with E-state index in [1.807, 2.05) is 0 Å². The lowest BCUT2D eigenvalue weighted by Crippen LogP contribution is -2.46. The number of piperidine rings is 1. The van der Waals surface area contributed by atoms with Crippen LogP contribution < -0.4 is 4.90 Å². The number of anilines is 1. The van der Waals surface area contributed by atoms with E-state index in [2.05, 4.69) is 20.9 Å². The second-order valence-corrected chi connectivity index (χ2v) is 5.68. The van der Waals surface area contributed by atoms with Gasteiger partial charge in [-0.25, -0.2) is 9.37 Å².